The summed E-state index contributed by atoms with van der Waals surface area (Å²) in [6.07, 6.45) is 3.97. The lowest BCUT2D eigenvalue weighted by Crippen LogP contribution is -2.38. The van der Waals surface area contributed by atoms with Gasteiger partial charge in [0.05, 0.1) is 18.5 Å². The van der Waals surface area contributed by atoms with Crippen LogP contribution in [0.4, 0.5) is 0 Å². The van der Waals surface area contributed by atoms with Crippen LogP contribution in [0.1, 0.15) is 29.0 Å². The molecule has 0 aromatic carbocycles. The van der Waals surface area contributed by atoms with Crippen LogP contribution in [0.3, 0.4) is 0 Å². The van der Waals surface area contributed by atoms with Crippen molar-refractivity contribution >= 4 is 11.8 Å². The van der Waals surface area contributed by atoms with Crippen LogP contribution in [0.15, 0.2) is 12.4 Å². The van der Waals surface area contributed by atoms with E-state index >= 15 is 0 Å². The van der Waals surface area contributed by atoms with Crippen LogP contribution in [-0.2, 0) is 14.3 Å². The van der Waals surface area contributed by atoms with E-state index in [0.717, 1.165) is 12.1 Å². The maximum atomic E-state index is 12.5. The number of carbonyl (C=O) groups excluding carboxylic acids is 2. The number of nitrogens with zero attached hydrogens (tertiary/aromatic N) is 3. The topological polar surface area (TPSA) is 93.7 Å². The van der Waals surface area contributed by atoms with Gasteiger partial charge in [0, 0.05) is 53.1 Å². The van der Waals surface area contributed by atoms with Crippen LogP contribution in [0, 0.1) is 6.92 Å². The van der Waals surface area contributed by atoms with Crippen molar-refractivity contribution in [2.45, 2.75) is 19.8 Å². The molecule has 24 heavy (non-hydrogen) atoms. The predicted octanol–water partition coefficient (Wildman–Crippen LogP) is 0.416. The minimum Gasteiger partial charge on any atom is -0.385 e. The number of methoxy groups -OCH3 is 2. The van der Waals surface area contributed by atoms with Gasteiger partial charge in [0.2, 0.25) is 5.91 Å². The van der Waals surface area contributed by atoms with Gasteiger partial charge in [-0.05, 0) is 13.3 Å². The first kappa shape index (κ1) is 20.0. The summed E-state index contributed by atoms with van der Waals surface area (Å²) in [6, 6.07) is 0. The van der Waals surface area contributed by atoms with Crippen molar-refractivity contribution < 1.29 is 19.1 Å². The Morgan fingerprint density at radius 2 is 1.88 bits per heavy atom. The molecule has 134 valence electrons. The fraction of sp³-hybridized carbons (Fsp3) is 0.625. The van der Waals surface area contributed by atoms with E-state index in [-0.39, 0.29) is 23.9 Å². The highest BCUT2D eigenvalue weighted by Gasteiger charge is 2.18. The van der Waals surface area contributed by atoms with E-state index in [9.17, 15) is 9.59 Å². The van der Waals surface area contributed by atoms with Gasteiger partial charge in [-0.15, -0.1) is 0 Å². The summed E-state index contributed by atoms with van der Waals surface area (Å²) >= 11 is 0. The van der Waals surface area contributed by atoms with Crippen molar-refractivity contribution in [3.05, 3.63) is 23.8 Å². The number of carbonyl (C=O) groups is 2. The van der Waals surface area contributed by atoms with E-state index in [2.05, 4.69) is 15.3 Å². The van der Waals surface area contributed by atoms with E-state index in [1.54, 1.807) is 32.2 Å². The first-order valence-electron chi connectivity index (χ1n) is 7.91. The van der Waals surface area contributed by atoms with E-state index in [4.69, 9.17) is 9.47 Å². The van der Waals surface area contributed by atoms with E-state index < -0.39 is 0 Å². The molecule has 0 unspecified atom stereocenters. The van der Waals surface area contributed by atoms with Gasteiger partial charge in [-0.1, -0.05) is 0 Å². The van der Waals surface area contributed by atoms with Crippen LogP contribution < -0.4 is 5.32 Å². The fourth-order valence-corrected chi connectivity index (χ4v) is 1.95. The molecule has 8 heteroatoms. The van der Waals surface area contributed by atoms with Crippen molar-refractivity contribution in [2.75, 3.05) is 47.1 Å². The Balaban J connectivity index is 2.53. The molecule has 0 atom stereocenters. The third kappa shape index (κ3) is 7.47. The van der Waals surface area contributed by atoms with Crippen LogP contribution in [0.25, 0.3) is 0 Å². The monoisotopic (exact) mass is 338 g/mol. The Morgan fingerprint density at radius 3 is 2.50 bits per heavy atom. The lowest BCUT2D eigenvalue weighted by Gasteiger charge is -2.21. The molecule has 0 aliphatic heterocycles. The van der Waals surface area contributed by atoms with E-state index in [1.165, 1.54) is 6.20 Å². The van der Waals surface area contributed by atoms with Crippen LogP contribution >= 0.6 is 0 Å². The molecular formula is C16H26N4O4. The Bertz CT molecular complexity index is 507. The zero-order chi connectivity index (χ0) is 17.8. The first-order chi connectivity index (χ1) is 11.6. The molecule has 0 saturated carbocycles. The second-order valence-corrected chi connectivity index (χ2v) is 5.27. The van der Waals surface area contributed by atoms with Crippen molar-refractivity contribution in [3.8, 4) is 0 Å². The second-order valence-electron chi connectivity index (χ2n) is 5.27. The Kier molecular flexibility index (Phi) is 9.55. The van der Waals surface area contributed by atoms with Gasteiger partial charge in [0.1, 0.15) is 5.69 Å². The van der Waals surface area contributed by atoms with Crippen molar-refractivity contribution in [1.82, 2.24) is 20.2 Å². The molecule has 0 bridgehead atoms. The van der Waals surface area contributed by atoms with Crippen LogP contribution in [0.2, 0.25) is 0 Å². The molecule has 1 aromatic rings. The Hall–Kier alpha value is -2.06. The molecule has 0 aliphatic carbocycles. The zero-order valence-corrected chi connectivity index (χ0v) is 14.6. The summed E-state index contributed by atoms with van der Waals surface area (Å²) in [7, 11) is 3.19. The van der Waals surface area contributed by atoms with E-state index in [0.29, 0.717) is 32.8 Å². The van der Waals surface area contributed by atoms with Gasteiger partial charge < -0.3 is 19.7 Å². The summed E-state index contributed by atoms with van der Waals surface area (Å²) in [5.74, 6) is -0.358. The molecule has 0 spiro atoms. The van der Waals surface area contributed by atoms with Gasteiger partial charge in [-0.3, -0.25) is 14.6 Å². The minimum atomic E-state index is -0.258. The number of amides is 2. The summed E-state index contributed by atoms with van der Waals surface area (Å²) in [5, 5.41) is 2.80. The fourth-order valence-electron chi connectivity index (χ4n) is 1.95. The number of aryl methyl sites for hydroxylation is 1. The smallest absolute Gasteiger partial charge is 0.274 e. The Labute approximate surface area is 142 Å². The molecule has 0 fully saturated rings. The quantitative estimate of drug-likeness (QED) is 0.588. The average molecular weight is 338 g/mol. The third-order valence-electron chi connectivity index (χ3n) is 3.31. The van der Waals surface area contributed by atoms with Gasteiger partial charge in [0.25, 0.3) is 5.91 Å². The molecule has 2 amide bonds. The lowest BCUT2D eigenvalue weighted by atomic mass is 10.3. The number of aromatic nitrogens is 2. The number of nitrogens with one attached hydrogen (secondary N) is 1. The normalized spacial score (nSPS) is 10.5. The Morgan fingerprint density at radius 1 is 1.12 bits per heavy atom. The van der Waals surface area contributed by atoms with Crippen LogP contribution in [0.5, 0.6) is 0 Å². The zero-order valence-electron chi connectivity index (χ0n) is 14.6. The molecule has 1 heterocycles. The molecule has 8 nitrogen and oxygen atoms in total. The number of rotatable bonds is 11. The van der Waals surface area contributed by atoms with Gasteiger partial charge in [-0.2, -0.15) is 0 Å². The average Bonchev–Trinajstić information content (AvgIpc) is 2.59. The standard InChI is InChI=1S/C16H26N4O4/c1-13-11-19-14(12-18-13)16(22)20(8-10-24-3)7-5-15(21)17-6-4-9-23-2/h11-12H,4-10H2,1-3H3,(H,17,21). The minimum absolute atomic E-state index is 0.101. The maximum Gasteiger partial charge on any atom is 0.274 e. The van der Waals surface area contributed by atoms with Gasteiger partial charge in [-0.25, -0.2) is 4.98 Å². The summed E-state index contributed by atoms with van der Waals surface area (Å²) < 4.78 is 9.96. The number of hydrogen-bond donors (Lipinski definition) is 1. The SMILES string of the molecule is COCCCNC(=O)CCN(CCOC)C(=O)c1cnc(C)cn1. The lowest BCUT2D eigenvalue weighted by molar-refractivity contribution is -0.121. The van der Waals surface area contributed by atoms with Crippen molar-refractivity contribution in [3.63, 3.8) is 0 Å². The number of hydrogen-bond acceptors (Lipinski definition) is 6. The summed E-state index contributed by atoms with van der Waals surface area (Å²) in [6.45, 7) is 4.04. The van der Waals surface area contributed by atoms with E-state index in [1.807, 2.05) is 0 Å². The highest BCUT2D eigenvalue weighted by atomic mass is 16.5. The molecule has 1 aromatic heterocycles. The largest absolute Gasteiger partial charge is 0.385 e. The molecule has 1 N–H and O–H groups in total. The second kappa shape index (κ2) is 11.5. The molecule has 0 saturated heterocycles. The molecule has 0 aliphatic rings. The van der Waals surface area contributed by atoms with Crippen molar-refractivity contribution in [2.24, 2.45) is 0 Å². The molecular weight excluding hydrogens is 312 g/mol. The maximum absolute atomic E-state index is 12.5. The third-order valence-corrected chi connectivity index (χ3v) is 3.31. The van der Waals surface area contributed by atoms with Gasteiger partial charge >= 0.3 is 0 Å². The van der Waals surface area contributed by atoms with Gasteiger partial charge in [0.15, 0.2) is 0 Å². The van der Waals surface area contributed by atoms with Crippen LogP contribution in [-0.4, -0.2) is 73.7 Å². The first-order valence-corrected chi connectivity index (χ1v) is 7.91. The summed E-state index contributed by atoms with van der Waals surface area (Å²) in [4.78, 5) is 34.1. The highest BCUT2D eigenvalue weighted by Crippen LogP contribution is 2.03. The number of ether oxygens (including phenoxy) is 2. The molecule has 0 radical (unpaired) electrons. The highest BCUT2D eigenvalue weighted by molar-refractivity contribution is 5.92. The molecule has 1 rings (SSSR count). The predicted molar refractivity (Wildman–Crippen MR) is 88.7 cm³/mol. The van der Waals surface area contributed by atoms with Crippen molar-refractivity contribution in [1.29, 1.82) is 0 Å². The summed E-state index contributed by atoms with van der Waals surface area (Å²) in [5.41, 5.74) is 1.00.